The number of anilines is 1. The number of carbonyl (C=O) groups excluding carboxylic acids is 1. The van der Waals surface area contributed by atoms with Crippen LogP contribution in [0.4, 0.5) is 5.69 Å². The van der Waals surface area contributed by atoms with E-state index in [2.05, 4.69) is 23.3 Å². The molecule has 0 spiro atoms. The number of carbonyl (C=O) groups is 1. The summed E-state index contributed by atoms with van der Waals surface area (Å²) in [5.74, 6) is 0.457. The lowest BCUT2D eigenvalue weighted by molar-refractivity contribution is 0.102. The first kappa shape index (κ1) is 19.4. The minimum absolute atomic E-state index is 0.136. The molecule has 0 aromatic heterocycles. The normalized spacial score (nSPS) is 15.0. The maximum atomic E-state index is 12.9. The van der Waals surface area contributed by atoms with Gasteiger partial charge in [-0.2, -0.15) is 0 Å². The SMILES string of the molecule is COc1ccc(C)cc1C(=O)Nc1ccccc1CN(C)C1CCCCC1. The number of nitrogens with zero attached hydrogens (tertiary/aromatic N) is 1. The molecule has 1 N–H and O–H groups in total. The van der Waals surface area contributed by atoms with Crippen LogP contribution in [0.1, 0.15) is 53.6 Å². The number of ether oxygens (including phenoxy) is 1. The molecule has 4 heteroatoms. The van der Waals surface area contributed by atoms with Crippen LogP contribution >= 0.6 is 0 Å². The highest BCUT2D eigenvalue weighted by molar-refractivity contribution is 6.06. The summed E-state index contributed by atoms with van der Waals surface area (Å²) in [7, 11) is 3.78. The van der Waals surface area contributed by atoms with Gasteiger partial charge < -0.3 is 10.1 Å². The van der Waals surface area contributed by atoms with E-state index in [0.717, 1.165) is 23.4 Å². The highest BCUT2D eigenvalue weighted by atomic mass is 16.5. The van der Waals surface area contributed by atoms with E-state index in [1.54, 1.807) is 7.11 Å². The van der Waals surface area contributed by atoms with Gasteiger partial charge in [-0.1, -0.05) is 49.1 Å². The van der Waals surface area contributed by atoms with Crippen LogP contribution in [-0.2, 0) is 6.54 Å². The number of benzene rings is 2. The van der Waals surface area contributed by atoms with Gasteiger partial charge in [0.05, 0.1) is 12.7 Å². The molecule has 1 aliphatic carbocycles. The Labute approximate surface area is 162 Å². The average molecular weight is 367 g/mol. The largest absolute Gasteiger partial charge is 0.496 e. The van der Waals surface area contributed by atoms with E-state index in [1.165, 1.54) is 32.1 Å². The number of hydrogen-bond acceptors (Lipinski definition) is 3. The third kappa shape index (κ3) is 4.89. The topological polar surface area (TPSA) is 41.6 Å². The quantitative estimate of drug-likeness (QED) is 0.780. The zero-order valence-electron chi connectivity index (χ0n) is 16.6. The van der Waals surface area contributed by atoms with Crippen LogP contribution in [0.2, 0.25) is 0 Å². The van der Waals surface area contributed by atoms with Crippen molar-refractivity contribution < 1.29 is 9.53 Å². The second kappa shape index (κ2) is 9.05. The summed E-state index contributed by atoms with van der Waals surface area (Å²) >= 11 is 0. The fraction of sp³-hybridized carbons (Fsp3) is 0.435. The Morgan fingerprint density at radius 3 is 2.63 bits per heavy atom. The number of nitrogens with one attached hydrogen (secondary N) is 1. The number of hydrogen-bond donors (Lipinski definition) is 1. The van der Waals surface area contributed by atoms with E-state index >= 15 is 0 Å². The Balaban J connectivity index is 1.76. The third-order valence-electron chi connectivity index (χ3n) is 5.48. The first-order valence-electron chi connectivity index (χ1n) is 9.82. The second-order valence-corrected chi connectivity index (χ2v) is 7.52. The third-order valence-corrected chi connectivity index (χ3v) is 5.48. The molecule has 1 aliphatic rings. The summed E-state index contributed by atoms with van der Waals surface area (Å²) in [6, 6.07) is 14.4. The van der Waals surface area contributed by atoms with Crippen molar-refractivity contribution in [2.24, 2.45) is 0 Å². The molecule has 144 valence electrons. The summed E-state index contributed by atoms with van der Waals surface area (Å²) < 4.78 is 5.36. The van der Waals surface area contributed by atoms with Gasteiger partial charge >= 0.3 is 0 Å². The molecule has 1 saturated carbocycles. The molecular weight excluding hydrogens is 336 g/mol. The summed E-state index contributed by atoms with van der Waals surface area (Å²) in [6.45, 7) is 2.81. The number of aryl methyl sites for hydroxylation is 1. The fourth-order valence-electron chi connectivity index (χ4n) is 3.89. The predicted octanol–water partition coefficient (Wildman–Crippen LogP) is 5.02. The molecule has 0 radical (unpaired) electrons. The smallest absolute Gasteiger partial charge is 0.259 e. The van der Waals surface area contributed by atoms with E-state index in [9.17, 15) is 4.79 Å². The fourth-order valence-corrected chi connectivity index (χ4v) is 3.89. The minimum Gasteiger partial charge on any atom is -0.496 e. The predicted molar refractivity (Wildman–Crippen MR) is 110 cm³/mol. The Morgan fingerprint density at radius 2 is 1.89 bits per heavy atom. The number of methoxy groups -OCH3 is 1. The second-order valence-electron chi connectivity index (χ2n) is 7.52. The minimum atomic E-state index is -0.136. The van der Waals surface area contributed by atoms with Crippen molar-refractivity contribution in [2.45, 2.75) is 51.6 Å². The van der Waals surface area contributed by atoms with Crippen molar-refractivity contribution in [1.82, 2.24) is 4.90 Å². The van der Waals surface area contributed by atoms with Crippen molar-refractivity contribution in [3.8, 4) is 5.75 Å². The molecule has 4 nitrogen and oxygen atoms in total. The monoisotopic (exact) mass is 366 g/mol. The maximum Gasteiger partial charge on any atom is 0.259 e. The van der Waals surface area contributed by atoms with Crippen molar-refractivity contribution in [2.75, 3.05) is 19.5 Å². The van der Waals surface area contributed by atoms with Gasteiger partial charge in [-0.15, -0.1) is 0 Å². The maximum absolute atomic E-state index is 12.9. The first-order chi connectivity index (χ1) is 13.1. The molecule has 0 bridgehead atoms. The van der Waals surface area contributed by atoms with Gasteiger partial charge in [-0.05, 0) is 50.6 Å². The van der Waals surface area contributed by atoms with Crippen LogP contribution in [0, 0.1) is 6.92 Å². The van der Waals surface area contributed by atoms with Crippen LogP contribution in [-0.4, -0.2) is 31.0 Å². The van der Waals surface area contributed by atoms with E-state index in [1.807, 2.05) is 43.3 Å². The average Bonchev–Trinajstić information content (AvgIpc) is 2.70. The van der Waals surface area contributed by atoms with Gasteiger partial charge in [0.2, 0.25) is 0 Å². The standard InChI is InChI=1S/C23H30N2O2/c1-17-13-14-22(27-3)20(15-17)23(26)24-21-12-8-7-9-18(21)16-25(2)19-10-5-4-6-11-19/h7-9,12-15,19H,4-6,10-11,16H2,1-3H3,(H,24,26). The Hall–Kier alpha value is -2.33. The van der Waals surface area contributed by atoms with E-state index in [4.69, 9.17) is 4.74 Å². The molecule has 2 aromatic carbocycles. The van der Waals surface area contributed by atoms with Gasteiger partial charge in [0.25, 0.3) is 5.91 Å². The highest BCUT2D eigenvalue weighted by Crippen LogP contribution is 2.26. The lowest BCUT2D eigenvalue weighted by Crippen LogP contribution is -2.33. The molecular formula is C23H30N2O2. The Morgan fingerprint density at radius 1 is 1.15 bits per heavy atom. The lowest BCUT2D eigenvalue weighted by Gasteiger charge is -2.31. The van der Waals surface area contributed by atoms with Crippen molar-refractivity contribution in [3.63, 3.8) is 0 Å². The van der Waals surface area contributed by atoms with Crippen molar-refractivity contribution >= 4 is 11.6 Å². The van der Waals surface area contributed by atoms with Crippen LogP contribution < -0.4 is 10.1 Å². The first-order valence-corrected chi connectivity index (χ1v) is 9.82. The van der Waals surface area contributed by atoms with Gasteiger partial charge in [-0.3, -0.25) is 9.69 Å². The zero-order valence-corrected chi connectivity index (χ0v) is 16.6. The van der Waals surface area contributed by atoms with Crippen LogP contribution in [0.15, 0.2) is 42.5 Å². The van der Waals surface area contributed by atoms with Crippen LogP contribution in [0.3, 0.4) is 0 Å². The number of amides is 1. The molecule has 27 heavy (non-hydrogen) atoms. The highest BCUT2D eigenvalue weighted by Gasteiger charge is 2.20. The van der Waals surface area contributed by atoms with Crippen LogP contribution in [0.5, 0.6) is 5.75 Å². The molecule has 0 unspecified atom stereocenters. The van der Waals surface area contributed by atoms with E-state index in [-0.39, 0.29) is 5.91 Å². The van der Waals surface area contributed by atoms with Gasteiger partial charge in [0, 0.05) is 18.3 Å². The van der Waals surface area contributed by atoms with Crippen molar-refractivity contribution in [3.05, 3.63) is 59.2 Å². The number of rotatable bonds is 6. The molecule has 0 atom stereocenters. The van der Waals surface area contributed by atoms with Gasteiger partial charge in [-0.25, -0.2) is 0 Å². The summed E-state index contributed by atoms with van der Waals surface area (Å²) in [6.07, 6.45) is 6.54. The van der Waals surface area contributed by atoms with E-state index in [0.29, 0.717) is 17.4 Å². The van der Waals surface area contributed by atoms with Gasteiger partial charge in [0.15, 0.2) is 0 Å². The number of para-hydroxylation sites is 1. The Kier molecular flexibility index (Phi) is 6.51. The van der Waals surface area contributed by atoms with E-state index < -0.39 is 0 Å². The molecule has 1 fully saturated rings. The zero-order chi connectivity index (χ0) is 19.2. The molecule has 0 heterocycles. The molecule has 2 aromatic rings. The molecule has 0 aliphatic heterocycles. The molecule has 1 amide bonds. The Bertz CT molecular complexity index is 782. The summed E-state index contributed by atoms with van der Waals surface area (Å²) in [5, 5.41) is 3.09. The molecule has 3 rings (SSSR count). The summed E-state index contributed by atoms with van der Waals surface area (Å²) in [4.78, 5) is 15.3. The van der Waals surface area contributed by atoms with Gasteiger partial charge in [0.1, 0.15) is 5.75 Å². The summed E-state index contributed by atoms with van der Waals surface area (Å²) in [5.41, 5.74) is 3.61. The van der Waals surface area contributed by atoms with Crippen molar-refractivity contribution in [1.29, 1.82) is 0 Å². The lowest BCUT2D eigenvalue weighted by atomic mass is 9.94. The molecule has 0 saturated heterocycles. The van der Waals surface area contributed by atoms with Crippen LogP contribution in [0.25, 0.3) is 0 Å².